The van der Waals surface area contributed by atoms with E-state index < -0.39 is 17.8 Å². The highest BCUT2D eigenvalue weighted by Gasteiger charge is 2.34. The average Bonchev–Trinajstić information content (AvgIpc) is 2.47. The molecule has 0 bridgehead atoms. The highest BCUT2D eigenvalue weighted by Crippen LogP contribution is 2.27. The number of amides is 1. The molecule has 4 heteroatoms. The second kappa shape index (κ2) is 6.57. The fourth-order valence-electron chi connectivity index (χ4n) is 2.72. The van der Waals surface area contributed by atoms with Crippen LogP contribution in [0.1, 0.15) is 36.9 Å². The fraction of sp³-hybridized carbons (Fsp3) is 0.412. The number of aliphatic carboxylic acids is 1. The number of rotatable bonds is 4. The van der Waals surface area contributed by atoms with Crippen molar-refractivity contribution in [1.82, 2.24) is 5.32 Å². The summed E-state index contributed by atoms with van der Waals surface area (Å²) in [5.41, 5.74) is 2.17. The molecule has 1 aromatic carbocycles. The third-order valence-corrected chi connectivity index (χ3v) is 3.99. The van der Waals surface area contributed by atoms with Gasteiger partial charge in [0.1, 0.15) is 0 Å². The Balaban J connectivity index is 2.06. The summed E-state index contributed by atoms with van der Waals surface area (Å²) in [6.45, 7) is 3.92. The largest absolute Gasteiger partial charge is 0.481 e. The van der Waals surface area contributed by atoms with E-state index in [2.05, 4.69) is 5.32 Å². The highest BCUT2D eigenvalue weighted by atomic mass is 16.4. The molecule has 1 aliphatic rings. The Hall–Kier alpha value is -2.10. The number of benzene rings is 1. The number of allylic oxidation sites excluding steroid dienone is 2. The highest BCUT2D eigenvalue weighted by molar-refractivity contribution is 5.85. The zero-order valence-corrected chi connectivity index (χ0v) is 12.4. The van der Waals surface area contributed by atoms with Crippen molar-refractivity contribution < 1.29 is 14.7 Å². The van der Waals surface area contributed by atoms with Gasteiger partial charge < -0.3 is 10.4 Å². The normalized spacial score (nSPS) is 22.6. The molecule has 0 saturated heterocycles. The molecule has 2 rings (SSSR count). The maximum atomic E-state index is 12.4. The monoisotopic (exact) mass is 287 g/mol. The second-order valence-corrected chi connectivity index (χ2v) is 5.64. The Labute approximate surface area is 124 Å². The first-order valence-electron chi connectivity index (χ1n) is 7.23. The summed E-state index contributed by atoms with van der Waals surface area (Å²) < 4.78 is 0. The Morgan fingerprint density at radius 1 is 1.24 bits per heavy atom. The molecule has 0 saturated carbocycles. The van der Waals surface area contributed by atoms with Gasteiger partial charge in [-0.05, 0) is 32.3 Å². The van der Waals surface area contributed by atoms with Gasteiger partial charge in [-0.2, -0.15) is 0 Å². The lowest BCUT2D eigenvalue weighted by Crippen LogP contribution is -2.39. The SMILES string of the molecule is Cc1cccc([C@H](C)NC(=O)[C@@H]2CC=CC[C@@H]2C(=O)O)c1. The molecule has 0 aliphatic heterocycles. The molecule has 0 aromatic heterocycles. The summed E-state index contributed by atoms with van der Waals surface area (Å²) in [6, 6.07) is 7.83. The van der Waals surface area contributed by atoms with Crippen LogP contribution in [0.15, 0.2) is 36.4 Å². The van der Waals surface area contributed by atoms with E-state index in [1.165, 1.54) is 0 Å². The lowest BCUT2D eigenvalue weighted by molar-refractivity contribution is -0.147. The minimum atomic E-state index is -0.900. The van der Waals surface area contributed by atoms with Crippen LogP contribution >= 0.6 is 0 Å². The van der Waals surface area contributed by atoms with Crippen molar-refractivity contribution in [2.75, 3.05) is 0 Å². The predicted octanol–water partition coefficient (Wildman–Crippen LogP) is 2.84. The minimum absolute atomic E-state index is 0.127. The van der Waals surface area contributed by atoms with Crippen LogP contribution in [0.4, 0.5) is 0 Å². The van der Waals surface area contributed by atoms with Crippen LogP contribution in [0.5, 0.6) is 0 Å². The molecular weight excluding hydrogens is 266 g/mol. The van der Waals surface area contributed by atoms with Gasteiger partial charge in [-0.25, -0.2) is 0 Å². The zero-order valence-electron chi connectivity index (χ0n) is 12.4. The van der Waals surface area contributed by atoms with Gasteiger partial charge in [0.25, 0.3) is 0 Å². The van der Waals surface area contributed by atoms with Crippen LogP contribution in [0, 0.1) is 18.8 Å². The van der Waals surface area contributed by atoms with Gasteiger partial charge in [0.15, 0.2) is 0 Å². The fourth-order valence-corrected chi connectivity index (χ4v) is 2.72. The number of carboxylic acid groups (broad SMARTS) is 1. The van der Waals surface area contributed by atoms with Gasteiger partial charge in [0, 0.05) is 0 Å². The van der Waals surface area contributed by atoms with Crippen LogP contribution in [-0.4, -0.2) is 17.0 Å². The van der Waals surface area contributed by atoms with E-state index in [9.17, 15) is 14.7 Å². The van der Waals surface area contributed by atoms with Crippen molar-refractivity contribution in [1.29, 1.82) is 0 Å². The number of carbonyl (C=O) groups excluding carboxylic acids is 1. The number of hydrogen-bond donors (Lipinski definition) is 2. The number of carboxylic acids is 1. The van der Waals surface area contributed by atoms with Gasteiger partial charge in [-0.15, -0.1) is 0 Å². The van der Waals surface area contributed by atoms with Gasteiger partial charge in [0.05, 0.1) is 17.9 Å². The number of hydrogen-bond acceptors (Lipinski definition) is 2. The Morgan fingerprint density at radius 3 is 2.52 bits per heavy atom. The summed E-state index contributed by atoms with van der Waals surface area (Å²) in [5.74, 6) is -2.19. The van der Waals surface area contributed by atoms with E-state index in [0.29, 0.717) is 12.8 Å². The van der Waals surface area contributed by atoms with Crippen LogP contribution in [0.2, 0.25) is 0 Å². The van der Waals surface area contributed by atoms with Gasteiger partial charge >= 0.3 is 5.97 Å². The molecule has 0 radical (unpaired) electrons. The van der Waals surface area contributed by atoms with Crippen molar-refractivity contribution in [2.45, 2.75) is 32.7 Å². The van der Waals surface area contributed by atoms with E-state index in [4.69, 9.17) is 0 Å². The van der Waals surface area contributed by atoms with E-state index >= 15 is 0 Å². The molecule has 0 heterocycles. The predicted molar refractivity (Wildman–Crippen MR) is 80.7 cm³/mol. The first kappa shape index (κ1) is 15.3. The quantitative estimate of drug-likeness (QED) is 0.837. The third kappa shape index (κ3) is 3.72. The minimum Gasteiger partial charge on any atom is -0.481 e. The van der Waals surface area contributed by atoms with Gasteiger partial charge in [0.2, 0.25) is 5.91 Å². The molecule has 0 fully saturated rings. The summed E-state index contributed by atoms with van der Waals surface area (Å²) in [6.07, 6.45) is 4.64. The molecule has 4 nitrogen and oxygen atoms in total. The molecule has 21 heavy (non-hydrogen) atoms. The second-order valence-electron chi connectivity index (χ2n) is 5.64. The third-order valence-electron chi connectivity index (χ3n) is 3.99. The maximum Gasteiger partial charge on any atom is 0.307 e. The molecule has 0 unspecified atom stereocenters. The Bertz CT molecular complexity index is 565. The molecule has 1 amide bonds. The Kier molecular flexibility index (Phi) is 4.78. The van der Waals surface area contributed by atoms with E-state index in [0.717, 1.165) is 11.1 Å². The van der Waals surface area contributed by atoms with E-state index in [-0.39, 0.29) is 11.9 Å². The molecule has 2 N–H and O–H groups in total. The zero-order chi connectivity index (χ0) is 15.4. The molecule has 1 aromatic rings. The standard InChI is InChI=1S/C17H21NO3/c1-11-6-5-7-13(10-11)12(2)18-16(19)14-8-3-4-9-15(14)17(20)21/h3-7,10,12,14-15H,8-9H2,1-2H3,(H,18,19)(H,20,21)/t12-,14+,15-/m0/s1. The first-order chi connectivity index (χ1) is 9.99. The van der Waals surface area contributed by atoms with Crippen molar-refractivity contribution in [3.05, 3.63) is 47.5 Å². The van der Waals surface area contributed by atoms with Crippen LogP contribution in [-0.2, 0) is 9.59 Å². The number of nitrogens with one attached hydrogen (secondary N) is 1. The lowest BCUT2D eigenvalue weighted by Gasteiger charge is -2.26. The summed E-state index contributed by atoms with van der Waals surface area (Å²) in [5, 5.41) is 12.2. The summed E-state index contributed by atoms with van der Waals surface area (Å²) >= 11 is 0. The lowest BCUT2D eigenvalue weighted by atomic mass is 9.82. The van der Waals surface area contributed by atoms with Crippen molar-refractivity contribution in [3.8, 4) is 0 Å². The van der Waals surface area contributed by atoms with Crippen LogP contribution in [0.3, 0.4) is 0 Å². The average molecular weight is 287 g/mol. The van der Waals surface area contributed by atoms with Crippen LogP contribution in [0.25, 0.3) is 0 Å². The smallest absolute Gasteiger partial charge is 0.307 e. The van der Waals surface area contributed by atoms with Crippen molar-refractivity contribution in [2.24, 2.45) is 11.8 Å². The van der Waals surface area contributed by atoms with Gasteiger partial charge in [-0.3, -0.25) is 9.59 Å². The van der Waals surface area contributed by atoms with E-state index in [1.54, 1.807) is 0 Å². The molecule has 1 aliphatic carbocycles. The first-order valence-corrected chi connectivity index (χ1v) is 7.23. The molecular formula is C17H21NO3. The summed E-state index contributed by atoms with van der Waals surface area (Å²) in [7, 11) is 0. The Morgan fingerprint density at radius 2 is 1.90 bits per heavy atom. The van der Waals surface area contributed by atoms with Crippen molar-refractivity contribution >= 4 is 11.9 Å². The van der Waals surface area contributed by atoms with Crippen molar-refractivity contribution in [3.63, 3.8) is 0 Å². The van der Waals surface area contributed by atoms with E-state index in [1.807, 2.05) is 50.3 Å². The maximum absolute atomic E-state index is 12.4. The topological polar surface area (TPSA) is 66.4 Å². The van der Waals surface area contributed by atoms with Gasteiger partial charge in [-0.1, -0.05) is 42.0 Å². The number of carbonyl (C=O) groups is 2. The molecule has 112 valence electrons. The number of aryl methyl sites for hydroxylation is 1. The summed E-state index contributed by atoms with van der Waals surface area (Å²) in [4.78, 5) is 23.6. The van der Waals surface area contributed by atoms with Crippen LogP contribution < -0.4 is 5.32 Å². The molecule has 0 spiro atoms. The molecule has 3 atom stereocenters.